The normalized spacial score (nSPS) is 13.9. The molecule has 2 atom stereocenters. The number of ether oxygens (including phenoxy) is 1. The van der Waals surface area contributed by atoms with Gasteiger partial charge in [0.15, 0.2) is 5.78 Å². The monoisotopic (exact) mass is 350 g/mol. The highest BCUT2D eigenvalue weighted by molar-refractivity contribution is 5.97. The van der Waals surface area contributed by atoms with Crippen LogP contribution in [0.1, 0.15) is 36.2 Å². The minimum absolute atomic E-state index is 0.0708. The third-order valence-electron chi connectivity index (χ3n) is 3.24. The van der Waals surface area contributed by atoms with Crippen molar-refractivity contribution in [3.8, 4) is 11.5 Å². The van der Waals surface area contributed by atoms with Crippen molar-refractivity contribution in [1.82, 2.24) is 0 Å². The Hall–Kier alpha value is -2.64. The Morgan fingerprint density at radius 3 is 2.56 bits per heavy atom. The second-order valence-corrected chi connectivity index (χ2v) is 5.38. The molecule has 0 fully saturated rings. The molecule has 136 valence electrons. The molecule has 0 aliphatic rings. The number of aromatic hydroxyl groups is 2. The number of carbonyl (C=O) groups excluding carboxylic acids is 2. The first-order chi connectivity index (χ1) is 11.8. The number of esters is 1. The van der Waals surface area contributed by atoms with Gasteiger partial charge in [-0.05, 0) is 31.6 Å². The van der Waals surface area contributed by atoms with E-state index in [4.69, 9.17) is 14.9 Å². The fraction of sp³-hybridized carbons (Fsp3) is 0.333. The van der Waals surface area contributed by atoms with E-state index in [0.717, 1.165) is 12.1 Å². The van der Waals surface area contributed by atoms with Crippen LogP contribution in [0.2, 0.25) is 0 Å². The van der Waals surface area contributed by atoms with Gasteiger partial charge >= 0.3 is 5.97 Å². The number of ketones is 1. The molecule has 25 heavy (non-hydrogen) atoms. The van der Waals surface area contributed by atoms with E-state index >= 15 is 0 Å². The number of benzene rings is 1. The number of hydrogen-bond acceptors (Lipinski definition) is 7. The summed E-state index contributed by atoms with van der Waals surface area (Å²) < 4.78 is 5.22. The molecular formula is C18H22O7. The van der Waals surface area contributed by atoms with Crippen molar-refractivity contribution >= 4 is 17.8 Å². The third-order valence-corrected chi connectivity index (χ3v) is 3.24. The van der Waals surface area contributed by atoms with Gasteiger partial charge in [0.2, 0.25) is 0 Å². The predicted molar refractivity (Wildman–Crippen MR) is 91.2 cm³/mol. The summed E-state index contributed by atoms with van der Waals surface area (Å²) in [6, 6.07) is 2.37. The van der Waals surface area contributed by atoms with Gasteiger partial charge in [0.1, 0.15) is 29.3 Å². The van der Waals surface area contributed by atoms with Crippen LogP contribution >= 0.6 is 0 Å². The first-order valence-corrected chi connectivity index (χ1v) is 7.69. The quantitative estimate of drug-likeness (QED) is 0.414. The highest BCUT2D eigenvalue weighted by Crippen LogP contribution is 2.29. The first kappa shape index (κ1) is 20.4. The molecule has 1 unspecified atom stereocenters. The molecular weight excluding hydrogens is 328 g/mol. The molecule has 0 saturated carbocycles. The van der Waals surface area contributed by atoms with E-state index in [2.05, 4.69) is 0 Å². The molecule has 1 aromatic rings. The van der Waals surface area contributed by atoms with Crippen LogP contribution in [-0.2, 0) is 9.53 Å². The van der Waals surface area contributed by atoms with Gasteiger partial charge < -0.3 is 25.2 Å². The van der Waals surface area contributed by atoms with E-state index < -0.39 is 36.3 Å². The van der Waals surface area contributed by atoms with Gasteiger partial charge in [-0.15, -0.1) is 0 Å². The lowest BCUT2D eigenvalue weighted by atomic mass is 10.0. The smallest absolute Gasteiger partial charge is 0.342 e. The van der Waals surface area contributed by atoms with Gasteiger partial charge in [0.25, 0.3) is 0 Å². The van der Waals surface area contributed by atoms with Crippen molar-refractivity contribution in [2.45, 2.75) is 32.5 Å². The maximum absolute atomic E-state index is 12.3. The largest absolute Gasteiger partial charge is 0.508 e. The first-order valence-electron chi connectivity index (χ1n) is 7.69. The molecule has 0 aliphatic carbocycles. The summed E-state index contributed by atoms with van der Waals surface area (Å²) in [6.07, 6.45) is 3.86. The number of phenolic OH excluding ortho intramolecular Hbond substituents is 2. The Morgan fingerprint density at radius 2 is 1.96 bits per heavy atom. The second-order valence-electron chi connectivity index (χ2n) is 5.38. The summed E-state index contributed by atoms with van der Waals surface area (Å²) in [7, 11) is 0. The molecule has 0 bridgehead atoms. The van der Waals surface area contributed by atoms with Crippen LogP contribution in [0.3, 0.4) is 0 Å². The molecule has 0 amide bonds. The van der Waals surface area contributed by atoms with Crippen molar-refractivity contribution in [1.29, 1.82) is 0 Å². The molecule has 0 saturated heterocycles. The maximum Gasteiger partial charge on any atom is 0.342 e. The van der Waals surface area contributed by atoms with E-state index in [1.54, 1.807) is 26.0 Å². The zero-order valence-corrected chi connectivity index (χ0v) is 14.0. The standard InChI is InChI=1S/C18H22O7/c1-3-5-12-8-13(20)9-15(22)17(12)18(24)25-11(2)6-4-7-14(21)16(23)10-19/h3-5,7-9,11,16,19-20,22-23H,6,10H2,1-2H3/b5-3+,7-4-/t11?,16-/m0/s1. The lowest BCUT2D eigenvalue weighted by Gasteiger charge is -2.14. The SMILES string of the molecule is C/C=C/c1cc(O)cc(O)c1C(=O)OC(C)C/C=C\C(=O)[C@@H](O)CO. The number of carbonyl (C=O) groups is 2. The summed E-state index contributed by atoms with van der Waals surface area (Å²) in [6.45, 7) is 2.66. The van der Waals surface area contributed by atoms with E-state index in [9.17, 15) is 19.8 Å². The number of rotatable bonds is 8. The fourth-order valence-corrected chi connectivity index (χ4v) is 2.03. The molecule has 4 N–H and O–H groups in total. The molecule has 0 radical (unpaired) electrons. The van der Waals surface area contributed by atoms with E-state index in [1.165, 1.54) is 12.1 Å². The Kier molecular flexibility index (Phi) is 7.84. The Labute approximate surface area is 145 Å². The Bertz CT molecular complexity index is 676. The summed E-state index contributed by atoms with van der Waals surface area (Å²) >= 11 is 0. The molecule has 7 heteroatoms. The molecule has 0 heterocycles. The predicted octanol–water partition coefficient (Wildman–Crippen LogP) is 1.54. The molecule has 0 aliphatic heterocycles. The average molecular weight is 350 g/mol. The number of phenols is 2. The molecule has 0 aromatic heterocycles. The molecule has 0 spiro atoms. The summed E-state index contributed by atoms with van der Waals surface area (Å²) in [5, 5.41) is 37.2. The van der Waals surface area contributed by atoms with Crippen LogP contribution < -0.4 is 0 Å². The number of hydrogen-bond donors (Lipinski definition) is 4. The molecule has 7 nitrogen and oxygen atoms in total. The number of allylic oxidation sites excluding steroid dienone is 1. The van der Waals surface area contributed by atoms with Gasteiger partial charge in [-0.25, -0.2) is 4.79 Å². The molecule has 1 rings (SSSR count). The van der Waals surface area contributed by atoms with Crippen LogP contribution in [0.5, 0.6) is 11.5 Å². The van der Waals surface area contributed by atoms with E-state index in [1.807, 2.05) is 0 Å². The highest BCUT2D eigenvalue weighted by Gasteiger charge is 2.20. The zero-order valence-electron chi connectivity index (χ0n) is 14.0. The van der Waals surface area contributed by atoms with Crippen molar-refractivity contribution < 1.29 is 34.8 Å². The number of aliphatic hydroxyl groups is 2. The second kappa shape index (κ2) is 9.61. The van der Waals surface area contributed by atoms with Crippen molar-refractivity contribution in [3.05, 3.63) is 41.5 Å². The maximum atomic E-state index is 12.3. The Morgan fingerprint density at radius 1 is 1.28 bits per heavy atom. The van der Waals surface area contributed by atoms with Crippen molar-refractivity contribution in [3.63, 3.8) is 0 Å². The third kappa shape index (κ3) is 6.06. The van der Waals surface area contributed by atoms with E-state index in [-0.39, 0.29) is 17.7 Å². The van der Waals surface area contributed by atoms with Gasteiger partial charge in [-0.1, -0.05) is 18.2 Å². The van der Waals surface area contributed by atoms with Crippen LogP contribution in [0.15, 0.2) is 30.4 Å². The summed E-state index contributed by atoms with van der Waals surface area (Å²) in [5.74, 6) is -2.00. The van der Waals surface area contributed by atoms with Gasteiger partial charge in [0.05, 0.1) is 6.61 Å². The lowest BCUT2D eigenvalue weighted by molar-refractivity contribution is -0.124. The van der Waals surface area contributed by atoms with Crippen molar-refractivity contribution in [2.75, 3.05) is 6.61 Å². The summed E-state index contributed by atoms with van der Waals surface area (Å²) in [5.41, 5.74) is 0.243. The van der Waals surface area contributed by atoms with Crippen LogP contribution in [0.25, 0.3) is 6.08 Å². The zero-order chi connectivity index (χ0) is 19.0. The highest BCUT2D eigenvalue weighted by atomic mass is 16.5. The van der Waals surface area contributed by atoms with Crippen molar-refractivity contribution in [2.24, 2.45) is 0 Å². The minimum atomic E-state index is -1.47. The van der Waals surface area contributed by atoms with Gasteiger partial charge in [-0.2, -0.15) is 0 Å². The lowest BCUT2D eigenvalue weighted by Crippen LogP contribution is -2.22. The topological polar surface area (TPSA) is 124 Å². The van der Waals surface area contributed by atoms with Crippen LogP contribution in [0, 0.1) is 0 Å². The van der Waals surface area contributed by atoms with E-state index in [0.29, 0.717) is 5.56 Å². The fourth-order valence-electron chi connectivity index (χ4n) is 2.03. The minimum Gasteiger partial charge on any atom is -0.508 e. The molecule has 1 aromatic carbocycles. The van der Waals surface area contributed by atoms with Gasteiger partial charge in [0, 0.05) is 12.5 Å². The number of aliphatic hydroxyl groups excluding tert-OH is 2. The van der Waals surface area contributed by atoms with Crippen LogP contribution in [-0.4, -0.2) is 51.0 Å². The van der Waals surface area contributed by atoms with Crippen LogP contribution in [0.4, 0.5) is 0 Å². The Balaban J connectivity index is 2.79. The average Bonchev–Trinajstić information content (AvgIpc) is 2.53. The van der Waals surface area contributed by atoms with Gasteiger partial charge in [-0.3, -0.25) is 4.79 Å². The summed E-state index contributed by atoms with van der Waals surface area (Å²) in [4.78, 5) is 23.6.